The number of carbonyl (C=O) groups excluding carboxylic acids is 1. The molecule has 3 aromatic rings. The lowest BCUT2D eigenvalue weighted by atomic mass is 10.1. The summed E-state index contributed by atoms with van der Waals surface area (Å²) in [7, 11) is 0. The second kappa shape index (κ2) is 4.41. The van der Waals surface area contributed by atoms with E-state index in [0.29, 0.717) is 17.6 Å². The van der Waals surface area contributed by atoms with E-state index >= 15 is 0 Å². The van der Waals surface area contributed by atoms with Crippen molar-refractivity contribution >= 4 is 11.9 Å². The second-order valence-electron chi connectivity index (χ2n) is 4.07. The Morgan fingerprint density at radius 3 is 2.78 bits per heavy atom. The molecule has 18 heavy (non-hydrogen) atoms. The molecule has 0 atom stereocenters. The van der Waals surface area contributed by atoms with Crippen LogP contribution < -0.4 is 0 Å². The Kier molecular flexibility index (Phi) is 2.61. The molecule has 0 aliphatic rings. The standard InChI is InChI=1S/C14H11N3O/c18-10-12-6-7-17-14(9-12)15-13(16-17)8-11-4-2-1-3-5-11/h1-7,9-10H,8H2. The zero-order valence-corrected chi connectivity index (χ0v) is 9.65. The van der Waals surface area contributed by atoms with Crippen LogP contribution in [-0.4, -0.2) is 20.9 Å². The number of carbonyl (C=O) groups is 1. The normalized spacial score (nSPS) is 10.7. The number of aromatic nitrogens is 3. The van der Waals surface area contributed by atoms with Crippen molar-refractivity contribution in [3.63, 3.8) is 0 Å². The van der Waals surface area contributed by atoms with Crippen LogP contribution in [0.1, 0.15) is 21.7 Å². The van der Waals surface area contributed by atoms with Gasteiger partial charge < -0.3 is 0 Å². The highest BCUT2D eigenvalue weighted by atomic mass is 16.1. The highest BCUT2D eigenvalue weighted by molar-refractivity contribution is 5.76. The molecule has 0 amide bonds. The van der Waals surface area contributed by atoms with E-state index in [2.05, 4.69) is 10.1 Å². The summed E-state index contributed by atoms with van der Waals surface area (Å²) in [4.78, 5) is 15.1. The van der Waals surface area contributed by atoms with Gasteiger partial charge in [0.15, 0.2) is 11.5 Å². The van der Waals surface area contributed by atoms with E-state index in [1.807, 2.05) is 30.3 Å². The summed E-state index contributed by atoms with van der Waals surface area (Å²) in [5.74, 6) is 0.754. The molecule has 0 aliphatic heterocycles. The van der Waals surface area contributed by atoms with Gasteiger partial charge in [-0.3, -0.25) is 4.79 Å². The number of benzene rings is 1. The Bertz CT molecular complexity index is 689. The Morgan fingerprint density at radius 2 is 2.00 bits per heavy atom. The first-order valence-electron chi connectivity index (χ1n) is 5.69. The summed E-state index contributed by atoms with van der Waals surface area (Å²) < 4.78 is 1.69. The number of fused-ring (bicyclic) bond motifs is 1. The van der Waals surface area contributed by atoms with E-state index in [0.717, 1.165) is 12.1 Å². The maximum absolute atomic E-state index is 10.7. The predicted molar refractivity (Wildman–Crippen MR) is 67.6 cm³/mol. The minimum Gasteiger partial charge on any atom is -0.298 e. The van der Waals surface area contributed by atoms with Crippen molar-refractivity contribution in [2.45, 2.75) is 6.42 Å². The molecular formula is C14H11N3O. The molecular weight excluding hydrogens is 226 g/mol. The average molecular weight is 237 g/mol. The minimum absolute atomic E-state index is 0.612. The molecule has 0 fully saturated rings. The summed E-state index contributed by atoms with van der Waals surface area (Å²) in [5, 5.41) is 4.37. The molecule has 0 spiro atoms. The summed E-state index contributed by atoms with van der Waals surface area (Å²) >= 11 is 0. The van der Waals surface area contributed by atoms with Gasteiger partial charge in [0.25, 0.3) is 0 Å². The van der Waals surface area contributed by atoms with Crippen molar-refractivity contribution in [2.75, 3.05) is 0 Å². The fraction of sp³-hybridized carbons (Fsp3) is 0.0714. The van der Waals surface area contributed by atoms with E-state index in [9.17, 15) is 4.79 Å². The fourth-order valence-electron chi connectivity index (χ4n) is 1.87. The van der Waals surface area contributed by atoms with Gasteiger partial charge in [-0.1, -0.05) is 30.3 Å². The molecule has 0 saturated heterocycles. The van der Waals surface area contributed by atoms with E-state index in [1.54, 1.807) is 22.8 Å². The van der Waals surface area contributed by atoms with Crippen LogP contribution in [0.2, 0.25) is 0 Å². The van der Waals surface area contributed by atoms with Crippen LogP contribution >= 0.6 is 0 Å². The van der Waals surface area contributed by atoms with Gasteiger partial charge in [-0.15, -0.1) is 0 Å². The van der Waals surface area contributed by atoms with Crippen LogP contribution in [0.3, 0.4) is 0 Å². The third kappa shape index (κ3) is 2.00. The highest BCUT2D eigenvalue weighted by Crippen LogP contribution is 2.08. The fourth-order valence-corrected chi connectivity index (χ4v) is 1.87. The molecule has 1 aromatic carbocycles. The largest absolute Gasteiger partial charge is 0.298 e. The summed E-state index contributed by atoms with van der Waals surface area (Å²) in [6, 6.07) is 13.5. The van der Waals surface area contributed by atoms with Gasteiger partial charge in [0.05, 0.1) is 0 Å². The third-order valence-corrected chi connectivity index (χ3v) is 2.75. The first kappa shape index (κ1) is 10.7. The zero-order valence-electron chi connectivity index (χ0n) is 9.65. The molecule has 0 aliphatic carbocycles. The smallest absolute Gasteiger partial charge is 0.156 e. The summed E-state index contributed by atoms with van der Waals surface area (Å²) in [5.41, 5.74) is 2.48. The van der Waals surface area contributed by atoms with Crippen LogP contribution in [0.4, 0.5) is 0 Å². The quantitative estimate of drug-likeness (QED) is 0.656. The van der Waals surface area contributed by atoms with Crippen LogP contribution in [0, 0.1) is 0 Å². The molecule has 88 valence electrons. The topological polar surface area (TPSA) is 47.3 Å². The van der Waals surface area contributed by atoms with Crippen LogP contribution in [0.5, 0.6) is 0 Å². The van der Waals surface area contributed by atoms with Gasteiger partial charge in [-0.25, -0.2) is 9.50 Å². The molecule has 2 heterocycles. The van der Waals surface area contributed by atoms with Crippen molar-refractivity contribution in [3.05, 3.63) is 65.6 Å². The number of rotatable bonds is 3. The SMILES string of the molecule is O=Cc1ccn2nc(Cc3ccccc3)nc2c1. The van der Waals surface area contributed by atoms with Crippen LogP contribution in [0.15, 0.2) is 48.7 Å². The van der Waals surface area contributed by atoms with Gasteiger partial charge in [0.1, 0.15) is 6.29 Å². The number of nitrogens with zero attached hydrogens (tertiary/aromatic N) is 3. The summed E-state index contributed by atoms with van der Waals surface area (Å²) in [6.45, 7) is 0. The molecule has 3 rings (SSSR count). The van der Waals surface area contributed by atoms with Gasteiger partial charge >= 0.3 is 0 Å². The number of hydrogen-bond acceptors (Lipinski definition) is 3. The Balaban J connectivity index is 1.96. The van der Waals surface area contributed by atoms with E-state index in [-0.39, 0.29) is 0 Å². The molecule has 4 heteroatoms. The molecule has 0 N–H and O–H groups in total. The van der Waals surface area contributed by atoms with Gasteiger partial charge in [-0.2, -0.15) is 5.10 Å². The van der Waals surface area contributed by atoms with Crippen molar-refractivity contribution < 1.29 is 4.79 Å². The van der Waals surface area contributed by atoms with E-state index < -0.39 is 0 Å². The third-order valence-electron chi connectivity index (χ3n) is 2.75. The first-order chi connectivity index (χ1) is 8.85. The van der Waals surface area contributed by atoms with Crippen molar-refractivity contribution in [3.8, 4) is 0 Å². The van der Waals surface area contributed by atoms with E-state index in [4.69, 9.17) is 0 Å². The monoisotopic (exact) mass is 237 g/mol. The van der Waals surface area contributed by atoms with Crippen LogP contribution in [-0.2, 0) is 6.42 Å². The molecule has 0 saturated carbocycles. The maximum Gasteiger partial charge on any atom is 0.156 e. The number of aldehydes is 1. The van der Waals surface area contributed by atoms with Crippen molar-refractivity contribution in [1.29, 1.82) is 0 Å². The lowest BCUT2D eigenvalue weighted by Crippen LogP contribution is -1.91. The van der Waals surface area contributed by atoms with Crippen LogP contribution in [0.25, 0.3) is 5.65 Å². The van der Waals surface area contributed by atoms with Gasteiger partial charge in [0.2, 0.25) is 0 Å². The Hall–Kier alpha value is -2.49. The lowest BCUT2D eigenvalue weighted by molar-refractivity contribution is 0.112. The molecule has 4 nitrogen and oxygen atoms in total. The minimum atomic E-state index is 0.612. The number of hydrogen-bond donors (Lipinski definition) is 0. The molecule has 0 radical (unpaired) electrons. The van der Waals surface area contributed by atoms with Crippen molar-refractivity contribution in [1.82, 2.24) is 14.6 Å². The Labute approximate surface area is 104 Å². The number of pyridine rings is 1. The zero-order chi connectivity index (χ0) is 12.4. The van der Waals surface area contributed by atoms with Gasteiger partial charge in [0, 0.05) is 18.2 Å². The predicted octanol–water partition coefficient (Wildman–Crippen LogP) is 2.13. The van der Waals surface area contributed by atoms with E-state index in [1.165, 1.54) is 5.56 Å². The van der Waals surface area contributed by atoms with Gasteiger partial charge in [-0.05, 0) is 17.7 Å². The first-order valence-corrected chi connectivity index (χ1v) is 5.69. The second-order valence-corrected chi connectivity index (χ2v) is 4.07. The Morgan fingerprint density at radius 1 is 1.17 bits per heavy atom. The van der Waals surface area contributed by atoms with Crippen molar-refractivity contribution in [2.24, 2.45) is 0 Å². The maximum atomic E-state index is 10.7. The molecule has 2 aromatic heterocycles. The molecule has 0 unspecified atom stereocenters. The highest BCUT2D eigenvalue weighted by Gasteiger charge is 2.05. The molecule has 0 bridgehead atoms. The lowest BCUT2D eigenvalue weighted by Gasteiger charge is -1.94. The average Bonchev–Trinajstić information content (AvgIpc) is 2.80. The summed E-state index contributed by atoms with van der Waals surface area (Å²) in [6.07, 6.45) is 3.26.